The van der Waals surface area contributed by atoms with Crippen molar-refractivity contribution < 1.29 is 4.74 Å². The summed E-state index contributed by atoms with van der Waals surface area (Å²) in [6, 6.07) is 2.02. The largest absolute Gasteiger partial charge is 0.378 e. The van der Waals surface area contributed by atoms with Crippen LogP contribution in [0.1, 0.15) is 23.6 Å². The molecule has 2 aromatic rings. The van der Waals surface area contributed by atoms with Gasteiger partial charge in [-0.1, -0.05) is 0 Å². The van der Waals surface area contributed by atoms with E-state index in [0.717, 1.165) is 47.0 Å². The molecular weight excluding hydrogens is 240 g/mol. The van der Waals surface area contributed by atoms with Crippen LogP contribution in [0.25, 0.3) is 10.9 Å². The lowest BCUT2D eigenvalue weighted by atomic mass is 10.1. The van der Waals surface area contributed by atoms with E-state index < -0.39 is 0 Å². The minimum Gasteiger partial charge on any atom is -0.378 e. The molecule has 0 bridgehead atoms. The summed E-state index contributed by atoms with van der Waals surface area (Å²) in [5.41, 5.74) is 2.86. The van der Waals surface area contributed by atoms with Crippen molar-refractivity contribution in [3.63, 3.8) is 0 Å². The van der Waals surface area contributed by atoms with Gasteiger partial charge in [-0.2, -0.15) is 0 Å². The Morgan fingerprint density at radius 3 is 2.63 bits per heavy atom. The zero-order chi connectivity index (χ0) is 13.4. The molecule has 3 rings (SSSR count). The molecule has 19 heavy (non-hydrogen) atoms. The number of aromatic nitrogens is 3. The Morgan fingerprint density at radius 1 is 1.21 bits per heavy atom. The van der Waals surface area contributed by atoms with Gasteiger partial charge >= 0.3 is 0 Å². The number of hydrogen-bond acceptors (Lipinski definition) is 5. The lowest BCUT2D eigenvalue weighted by molar-refractivity contribution is 0.182. The van der Waals surface area contributed by atoms with E-state index in [-0.39, 0.29) is 0 Å². The van der Waals surface area contributed by atoms with Gasteiger partial charge in [0, 0.05) is 25.9 Å². The molecule has 0 aromatic carbocycles. The van der Waals surface area contributed by atoms with Crippen LogP contribution in [-0.4, -0.2) is 35.2 Å². The third-order valence-corrected chi connectivity index (χ3v) is 3.41. The molecule has 100 valence electrons. The standard InChI is InChI=1S/C14H18N4O/c1-9-7-11-13(12(15-9)8-19-3)14(17-10(2)16-11)18-5-4-6-18/h7H,4-6,8H2,1-3H3. The first-order valence-corrected chi connectivity index (χ1v) is 6.58. The maximum absolute atomic E-state index is 5.27. The van der Waals surface area contributed by atoms with Crippen molar-refractivity contribution in [3.8, 4) is 0 Å². The quantitative estimate of drug-likeness (QED) is 0.842. The van der Waals surface area contributed by atoms with Crippen molar-refractivity contribution in [2.75, 3.05) is 25.1 Å². The molecule has 1 saturated heterocycles. The zero-order valence-corrected chi connectivity index (χ0v) is 11.6. The molecule has 0 atom stereocenters. The van der Waals surface area contributed by atoms with E-state index in [1.807, 2.05) is 19.9 Å². The highest BCUT2D eigenvalue weighted by Crippen LogP contribution is 2.30. The lowest BCUT2D eigenvalue weighted by Gasteiger charge is -2.33. The van der Waals surface area contributed by atoms with Gasteiger partial charge in [0.2, 0.25) is 0 Å². The summed E-state index contributed by atoms with van der Waals surface area (Å²) in [6.45, 7) is 6.54. The predicted octanol–water partition coefficient (Wildman–Crippen LogP) is 2.00. The molecule has 5 heteroatoms. The van der Waals surface area contributed by atoms with Gasteiger partial charge in [-0.25, -0.2) is 9.97 Å². The van der Waals surface area contributed by atoms with Crippen LogP contribution in [0.2, 0.25) is 0 Å². The molecule has 0 spiro atoms. The Hall–Kier alpha value is -1.75. The number of pyridine rings is 1. The molecule has 0 N–H and O–H groups in total. The third-order valence-electron chi connectivity index (χ3n) is 3.41. The van der Waals surface area contributed by atoms with E-state index in [1.165, 1.54) is 6.42 Å². The summed E-state index contributed by atoms with van der Waals surface area (Å²) in [7, 11) is 1.69. The number of rotatable bonds is 3. The molecule has 3 heterocycles. The Labute approximate surface area is 112 Å². The maximum Gasteiger partial charge on any atom is 0.142 e. The SMILES string of the molecule is COCc1nc(C)cc2nc(C)nc(N3CCC3)c12. The topological polar surface area (TPSA) is 51.1 Å². The molecule has 0 amide bonds. The van der Waals surface area contributed by atoms with Crippen LogP contribution in [0.4, 0.5) is 5.82 Å². The number of nitrogens with zero attached hydrogens (tertiary/aromatic N) is 4. The second-order valence-corrected chi connectivity index (χ2v) is 4.97. The van der Waals surface area contributed by atoms with Crippen LogP contribution in [0.5, 0.6) is 0 Å². The number of fused-ring (bicyclic) bond motifs is 1. The van der Waals surface area contributed by atoms with Crippen molar-refractivity contribution in [2.24, 2.45) is 0 Å². The second kappa shape index (κ2) is 4.74. The van der Waals surface area contributed by atoms with E-state index in [0.29, 0.717) is 6.61 Å². The highest BCUT2D eigenvalue weighted by molar-refractivity contribution is 5.92. The van der Waals surface area contributed by atoms with E-state index in [9.17, 15) is 0 Å². The van der Waals surface area contributed by atoms with Crippen LogP contribution in [-0.2, 0) is 11.3 Å². The summed E-state index contributed by atoms with van der Waals surface area (Å²) in [5, 5.41) is 1.04. The zero-order valence-electron chi connectivity index (χ0n) is 11.6. The van der Waals surface area contributed by atoms with Crippen LogP contribution >= 0.6 is 0 Å². The van der Waals surface area contributed by atoms with Crippen LogP contribution in [0.3, 0.4) is 0 Å². The van der Waals surface area contributed by atoms with Crippen molar-refractivity contribution >= 4 is 16.7 Å². The van der Waals surface area contributed by atoms with Gasteiger partial charge in [0.25, 0.3) is 0 Å². The second-order valence-electron chi connectivity index (χ2n) is 4.97. The van der Waals surface area contributed by atoms with Crippen molar-refractivity contribution in [3.05, 3.63) is 23.3 Å². The molecule has 2 aromatic heterocycles. The monoisotopic (exact) mass is 258 g/mol. The van der Waals surface area contributed by atoms with Crippen LogP contribution < -0.4 is 4.90 Å². The van der Waals surface area contributed by atoms with Gasteiger partial charge in [0.15, 0.2) is 0 Å². The summed E-state index contributed by atoms with van der Waals surface area (Å²) in [4.78, 5) is 16.0. The molecular formula is C14H18N4O. The number of anilines is 1. The van der Waals surface area contributed by atoms with Gasteiger partial charge in [-0.05, 0) is 26.3 Å². The van der Waals surface area contributed by atoms with E-state index in [2.05, 4.69) is 19.9 Å². The Kier molecular flexibility index (Phi) is 3.06. The molecule has 0 unspecified atom stereocenters. The van der Waals surface area contributed by atoms with Gasteiger partial charge in [0.1, 0.15) is 11.6 Å². The number of ether oxygens (including phenoxy) is 1. The minimum absolute atomic E-state index is 0.492. The van der Waals surface area contributed by atoms with Gasteiger partial charge in [-0.3, -0.25) is 4.98 Å². The van der Waals surface area contributed by atoms with Crippen molar-refractivity contribution in [2.45, 2.75) is 26.9 Å². The third kappa shape index (κ3) is 2.14. The van der Waals surface area contributed by atoms with Crippen molar-refractivity contribution in [1.29, 1.82) is 0 Å². The van der Waals surface area contributed by atoms with Crippen molar-refractivity contribution in [1.82, 2.24) is 15.0 Å². The summed E-state index contributed by atoms with van der Waals surface area (Å²) >= 11 is 0. The molecule has 1 fully saturated rings. The molecule has 0 radical (unpaired) electrons. The van der Waals surface area contributed by atoms with Crippen LogP contribution in [0, 0.1) is 13.8 Å². The summed E-state index contributed by atoms with van der Waals surface area (Å²) < 4.78 is 5.27. The minimum atomic E-state index is 0.492. The Bertz CT molecular complexity index is 617. The fourth-order valence-electron chi connectivity index (χ4n) is 2.46. The fourth-order valence-corrected chi connectivity index (χ4v) is 2.46. The Balaban J connectivity index is 2.27. The lowest BCUT2D eigenvalue weighted by Crippen LogP contribution is -2.38. The highest BCUT2D eigenvalue weighted by Gasteiger charge is 2.22. The molecule has 0 aliphatic carbocycles. The normalized spacial score (nSPS) is 14.8. The maximum atomic E-state index is 5.27. The predicted molar refractivity (Wildman–Crippen MR) is 74.4 cm³/mol. The van der Waals surface area contributed by atoms with Gasteiger partial charge in [-0.15, -0.1) is 0 Å². The van der Waals surface area contributed by atoms with Gasteiger partial charge < -0.3 is 9.64 Å². The summed E-state index contributed by atoms with van der Waals surface area (Å²) in [6.07, 6.45) is 1.23. The highest BCUT2D eigenvalue weighted by atomic mass is 16.5. The average molecular weight is 258 g/mol. The molecule has 5 nitrogen and oxygen atoms in total. The van der Waals surface area contributed by atoms with E-state index in [1.54, 1.807) is 7.11 Å². The first-order chi connectivity index (χ1) is 9.19. The molecule has 1 aliphatic heterocycles. The van der Waals surface area contributed by atoms with Crippen LogP contribution in [0.15, 0.2) is 6.07 Å². The first-order valence-electron chi connectivity index (χ1n) is 6.58. The average Bonchev–Trinajstić information content (AvgIpc) is 2.25. The first kappa shape index (κ1) is 12.3. The van der Waals surface area contributed by atoms with Gasteiger partial charge in [0.05, 0.1) is 23.2 Å². The van der Waals surface area contributed by atoms with E-state index in [4.69, 9.17) is 4.74 Å². The summed E-state index contributed by atoms with van der Waals surface area (Å²) in [5.74, 6) is 1.82. The molecule has 1 aliphatic rings. The number of methoxy groups -OCH3 is 1. The molecule has 0 saturated carbocycles. The number of hydrogen-bond donors (Lipinski definition) is 0. The number of aryl methyl sites for hydroxylation is 2. The fraction of sp³-hybridized carbons (Fsp3) is 0.500. The van der Waals surface area contributed by atoms with E-state index >= 15 is 0 Å². The Morgan fingerprint density at radius 2 is 2.00 bits per heavy atom. The smallest absolute Gasteiger partial charge is 0.142 e.